The zero-order valence-electron chi connectivity index (χ0n) is 14.8. The third-order valence-corrected chi connectivity index (χ3v) is 6.32. The van der Waals surface area contributed by atoms with Crippen molar-refractivity contribution in [3.63, 3.8) is 0 Å². The molecule has 1 saturated heterocycles. The summed E-state index contributed by atoms with van der Waals surface area (Å²) in [5, 5.41) is 11.4. The predicted molar refractivity (Wildman–Crippen MR) is 97.0 cm³/mol. The molecule has 1 aliphatic carbocycles. The zero-order chi connectivity index (χ0) is 18.9. The van der Waals surface area contributed by atoms with Crippen LogP contribution in [-0.2, 0) is 14.6 Å². The minimum Gasteiger partial charge on any atom is -0.362 e. The number of nitrogens with zero attached hydrogens (tertiary/aromatic N) is 3. The van der Waals surface area contributed by atoms with Crippen LogP contribution < -0.4 is 4.90 Å². The highest BCUT2D eigenvalue weighted by Gasteiger charge is 2.31. The lowest BCUT2D eigenvalue weighted by molar-refractivity contribution is -0.384. The summed E-state index contributed by atoms with van der Waals surface area (Å²) in [5.74, 6) is 0.328. The lowest BCUT2D eigenvalue weighted by Crippen LogP contribution is -2.50. The Balaban J connectivity index is 1.74. The molecule has 2 fully saturated rings. The Hall–Kier alpha value is -2.16. The van der Waals surface area contributed by atoms with Crippen LogP contribution in [0.25, 0.3) is 0 Å². The first-order valence-electron chi connectivity index (χ1n) is 8.79. The van der Waals surface area contributed by atoms with Gasteiger partial charge in [-0.2, -0.15) is 0 Å². The molecule has 0 radical (unpaired) electrons. The lowest BCUT2D eigenvalue weighted by atomic mass is 10.1. The van der Waals surface area contributed by atoms with Gasteiger partial charge < -0.3 is 9.80 Å². The number of piperazine rings is 1. The van der Waals surface area contributed by atoms with Gasteiger partial charge in [0.2, 0.25) is 5.91 Å². The molecular weight excluding hydrogens is 358 g/mol. The second kappa shape index (κ2) is 7.22. The number of carbonyl (C=O) groups excluding carboxylic acids is 1. The first-order valence-corrected chi connectivity index (χ1v) is 10.7. The Kier molecular flexibility index (Phi) is 5.17. The number of hydrogen-bond acceptors (Lipinski definition) is 6. The van der Waals surface area contributed by atoms with Crippen molar-refractivity contribution in [3.05, 3.63) is 28.3 Å². The van der Waals surface area contributed by atoms with Crippen LogP contribution in [0.3, 0.4) is 0 Å². The van der Waals surface area contributed by atoms with Gasteiger partial charge in [-0.05, 0) is 25.0 Å². The monoisotopic (exact) mass is 381 g/mol. The van der Waals surface area contributed by atoms with Gasteiger partial charge >= 0.3 is 0 Å². The molecular formula is C17H23N3O5S. The van der Waals surface area contributed by atoms with Crippen LogP contribution in [0, 0.1) is 16.0 Å². The molecule has 26 heavy (non-hydrogen) atoms. The van der Waals surface area contributed by atoms with Crippen molar-refractivity contribution in [2.75, 3.05) is 37.3 Å². The van der Waals surface area contributed by atoms with E-state index >= 15 is 0 Å². The lowest BCUT2D eigenvalue weighted by Gasteiger charge is -2.37. The number of anilines is 1. The van der Waals surface area contributed by atoms with E-state index in [2.05, 4.69) is 0 Å². The predicted octanol–water partition coefficient (Wildman–Crippen LogP) is 1.84. The molecule has 1 aromatic carbocycles. The molecule has 0 N–H and O–H groups in total. The van der Waals surface area contributed by atoms with E-state index in [0.717, 1.165) is 38.0 Å². The number of sulfone groups is 1. The molecule has 0 unspecified atom stereocenters. The van der Waals surface area contributed by atoms with Crippen LogP contribution in [-0.4, -0.2) is 56.6 Å². The van der Waals surface area contributed by atoms with Gasteiger partial charge in [0.15, 0.2) is 9.84 Å². The smallest absolute Gasteiger partial charge is 0.293 e. The van der Waals surface area contributed by atoms with Crippen LogP contribution in [0.1, 0.15) is 25.7 Å². The van der Waals surface area contributed by atoms with Crippen LogP contribution in [0.5, 0.6) is 0 Å². The summed E-state index contributed by atoms with van der Waals surface area (Å²) in [5.41, 5.74) is 0.179. The molecule has 142 valence electrons. The van der Waals surface area contributed by atoms with E-state index in [1.165, 1.54) is 12.1 Å². The molecule has 1 aliphatic heterocycles. The molecule has 9 heteroatoms. The molecule has 1 aromatic rings. The van der Waals surface area contributed by atoms with E-state index in [4.69, 9.17) is 0 Å². The van der Waals surface area contributed by atoms with Gasteiger partial charge in [-0.1, -0.05) is 12.8 Å². The standard InChI is InChI=1S/C17H23N3O5S/c1-26(24,25)14-6-7-15(16(12-14)20(22)23)18-8-10-19(11-9-18)17(21)13-4-2-3-5-13/h6-7,12-13H,2-5,8-11H2,1H3. The zero-order valence-corrected chi connectivity index (χ0v) is 15.6. The largest absolute Gasteiger partial charge is 0.362 e. The number of hydrogen-bond donors (Lipinski definition) is 0. The molecule has 3 rings (SSSR count). The van der Waals surface area contributed by atoms with E-state index in [0.29, 0.717) is 31.9 Å². The first-order chi connectivity index (χ1) is 12.3. The van der Waals surface area contributed by atoms with Gasteiger partial charge in [0.05, 0.1) is 9.82 Å². The summed E-state index contributed by atoms with van der Waals surface area (Å²) < 4.78 is 23.3. The van der Waals surface area contributed by atoms with E-state index in [1.54, 1.807) is 0 Å². The third kappa shape index (κ3) is 3.82. The summed E-state index contributed by atoms with van der Waals surface area (Å²) in [6, 6.07) is 4.00. The number of nitro groups is 1. The van der Waals surface area contributed by atoms with E-state index in [9.17, 15) is 23.3 Å². The van der Waals surface area contributed by atoms with Crippen molar-refractivity contribution in [3.8, 4) is 0 Å². The van der Waals surface area contributed by atoms with Gasteiger partial charge in [0, 0.05) is 44.4 Å². The molecule has 0 atom stereocenters. The van der Waals surface area contributed by atoms with Gasteiger partial charge in [-0.15, -0.1) is 0 Å². The third-order valence-electron chi connectivity index (χ3n) is 5.21. The Morgan fingerprint density at radius 3 is 2.31 bits per heavy atom. The Morgan fingerprint density at radius 1 is 1.15 bits per heavy atom. The molecule has 8 nitrogen and oxygen atoms in total. The van der Waals surface area contributed by atoms with Gasteiger partial charge in [0.25, 0.3) is 5.69 Å². The van der Waals surface area contributed by atoms with Gasteiger partial charge in [0.1, 0.15) is 5.69 Å². The topological polar surface area (TPSA) is 101 Å². The average molecular weight is 381 g/mol. The quantitative estimate of drug-likeness (QED) is 0.583. The molecule has 0 bridgehead atoms. The van der Waals surface area contributed by atoms with Crippen LogP contribution in [0.2, 0.25) is 0 Å². The highest BCUT2D eigenvalue weighted by molar-refractivity contribution is 7.90. The highest BCUT2D eigenvalue weighted by atomic mass is 32.2. The maximum Gasteiger partial charge on any atom is 0.293 e. The highest BCUT2D eigenvalue weighted by Crippen LogP contribution is 2.32. The molecule has 1 saturated carbocycles. The maximum atomic E-state index is 12.5. The number of benzene rings is 1. The molecule has 0 aromatic heterocycles. The minimum atomic E-state index is -3.51. The normalized spacial score (nSPS) is 19.0. The second-order valence-corrected chi connectivity index (χ2v) is 8.99. The number of carbonyl (C=O) groups is 1. The summed E-state index contributed by atoms with van der Waals surface area (Å²) in [4.78, 5) is 27.0. The molecule has 1 heterocycles. The van der Waals surface area contributed by atoms with Crippen molar-refractivity contribution in [2.45, 2.75) is 30.6 Å². The Morgan fingerprint density at radius 2 is 1.77 bits per heavy atom. The summed E-state index contributed by atoms with van der Waals surface area (Å²) in [7, 11) is -3.51. The first kappa shape index (κ1) is 18.6. The molecule has 0 spiro atoms. The SMILES string of the molecule is CS(=O)(=O)c1ccc(N2CCN(C(=O)C3CCCC3)CC2)c([N+](=O)[O-])c1. The van der Waals surface area contributed by atoms with Crippen molar-refractivity contribution < 1.29 is 18.1 Å². The molecule has 1 amide bonds. The van der Waals surface area contributed by atoms with E-state index in [1.807, 2.05) is 9.80 Å². The summed E-state index contributed by atoms with van der Waals surface area (Å²) >= 11 is 0. The minimum absolute atomic E-state index is 0.0667. The fourth-order valence-corrected chi connectivity index (χ4v) is 4.39. The Labute approximate surface area is 152 Å². The van der Waals surface area contributed by atoms with Gasteiger partial charge in [-0.25, -0.2) is 8.42 Å². The van der Waals surface area contributed by atoms with Gasteiger partial charge in [-0.3, -0.25) is 14.9 Å². The summed E-state index contributed by atoms with van der Waals surface area (Å²) in [6.45, 7) is 2.05. The average Bonchev–Trinajstić information content (AvgIpc) is 3.14. The maximum absolute atomic E-state index is 12.5. The van der Waals surface area contributed by atoms with Crippen LogP contribution in [0.15, 0.2) is 23.1 Å². The van der Waals surface area contributed by atoms with Crippen molar-refractivity contribution in [2.24, 2.45) is 5.92 Å². The Bertz CT molecular complexity index is 810. The number of amides is 1. The van der Waals surface area contributed by atoms with E-state index < -0.39 is 14.8 Å². The van der Waals surface area contributed by atoms with Crippen molar-refractivity contribution in [1.29, 1.82) is 0 Å². The molecule has 2 aliphatic rings. The van der Waals surface area contributed by atoms with Crippen molar-refractivity contribution >= 4 is 27.1 Å². The fourth-order valence-electron chi connectivity index (χ4n) is 3.75. The number of nitro benzene ring substituents is 1. The van der Waals surface area contributed by atoms with Crippen LogP contribution in [0.4, 0.5) is 11.4 Å². The number of rotatable bonds is 4. The summed E-state index contributed by atoms with van der Waals surface area (Å²) in [6.07, 6.45) is 5.15. The van der Waals surface area contributed by atoms with Crippen molar-refractivity contribution in [1.82, 2.24) is 4.90 Å². The second-order valence-electron chi connectivity index (χ2n) is 6.97. The fraction of sp³-hybridized carbons (Fsp3) is 0.588. The van der Waals surface area contributed by atoms with Crippen LogP contribution >= 0.6 is 0 Å². The van der Waals surface area contributed by atoms with E-state index in [-0.39, 0.29) is 22.4 Å².